The van der Waals surface area contributed by atoms with Gasteiger partial charge in [-0.3, -0.25) is 14.6 Å². The van der Waals surface area contributed by atoms with Gasteiger partial charge in [0.1, 0.15) is 0 Å². The molecular weight excluding hydrogens is 426 g/mol. The minimum absolute atomic E-state index is 0.146. The van der Waals surface area contributed by atoms with Crippen molar-refractivity contribution in [2.75, 3.05) is 18.0 Å². The van der Waals surface area contributed by atoms with Crippen molar-refractivity contribution < 1.29 is 4.79 Å². The number of carbonyl (C=O) groups excluding carboxylic acids is 1. The molecule has 166 valence electrons. The Morgan fingerprint density at radius 1 is 0.909 bits per heavy atom. The zero-order valence-electron chi connectivity index (χ0n) is 18.8. The molecule has 0 radical (unpaired) electrons. The molecule has 0 unspecified atom stereocenters. The first-order chi connectivity index (χ1) is 16.2. The molecule has 0 aliphatic carbocycles. The van der Waals surface area contributed by atoms with E-state index < -0.39 is 0 Å². The van der Waals surface area contributed by atoms with Gasteiger partial charge in [0.2, 0.25) is 5.91 Å². The molecule has 0 N–H and O–H groups in total. The Hall–Kier alpha value is -3.02. The number of aryl methyl sites for hydroxylation is 1. The number of hydrogen-bond donors (Lipinski definition) is 0. The molecule has 0 fully saturated rings. The summed E-state index contributed by atoms with van der Waals surface area (Å²) in [5, 5.41) is 1.34. The summed E-state index contributed by atoms with van der Waals surface area (Å²) < 4.78 is 2.41. The molecule has 1 amide bonds. The Morgan fingerprint density at radius 3 is 2.30 bits per heavy atom. The number of anilines is 2. The number of para-hydroxylation sites is 3. The van der Waals surface area contributed by atoms with Crippen LogP contribution in [0.3, 0.4) is 0 Å². The minimum atomic E-state index is 0.146. The molecule has 0 atom stereocenters. The third-order valence-electron chi connectivity index (χ3n) is 6.92. The van der Waals surface area contributed by atoms with Gasteiger partial charge in [0.25, 0.3) is 0 Å². The van der Waals surface area contributed by atoms with E-state index in [-0.39, 0.29) is 5.91 Å². The van der Waals surface area contributed by atoms with Gasteiger partial charge in [-0.15, -0.1) is 0 Å². The highest BCUT2D eigenvalue weighted by Gasteiger charge is 2.28. The molecule has 3 heterocycles. The van der Waals surface area contributed by atoms with Gasteiger partial charge < -0.3 is 4.57 Å². The first-order valence-corrected chi connectivity index (χ1v) is 12.6. The van der Waals surface area contributed by atoms with Crippen molar-refractivity contribution in [2.24, 2.45) is 0 Å². The average Bonchev–Trinajstić information content (AvgIpc) is 3.18. The van der Waals surface area contributed by atoms with Gasteiger partial charge in [0, 0.05) is 58.9 Å². The van der Waals surface area contributed by atoms with Crippen LogP contribution in [0.4, 0.5) is 11.4 Å². The maximum Gasteiger partial charge on any atom is 0.233 e. The molecule has 2 aliphatic heterocycles. The highest BCUT2D eigenvalue weighted by atomic mass is 32.2. The van der Waals surface area contributed by atoms with E-state index in [1.54, 1.807) is 11.8 Å². The molecule has 2 aliphatic rings. The fraction of sp³-hybridized carbons (Fsp3) is 0.250. The molecule has 0 saturated heterocycles. The van der Waals surface area contributed by atoms with E-state index in [0.29, 0.717) is 13.0 Å². The van der Waals surface area contributed by atoms with Gasteiger partial charge in [0.15, 0.2) is 0 Å². The van der Waals surface area contributed by atoms with Crippen LogP contribution in [-0.2, 0) is 24.3 Å². The maximum absolute atomic E-state index is 13.7. The summed E-state index contributed by atoms with van der Waals surface area (Å²) in [6.07, 6.45) is 1.51. The lowest BCUT2D eigenvalue weighted by Crippen LogP contribution is -2.31. The maximum atomic E-state index is 13.7. The molecule has 4 nitrogen and oxygen atoms in total. The van der Waals surface area contributed by atoms with Gasteiger partial charge in [-0.2, -0.15) is 0 Å². The van der Waals surface area contributed by atoms with E-state index >= 15 is 0 Å². The van der Waals surface area contributed by atoms with Crippen molar-refractivity contribution in [2.45, 2.75) is 42.6 Å². The van der Waals surface area contributed by atoms with Crippen molar-refractivity contribution in [1.82, 2.24) is 9.47 Å². The summed E-state index contributed by atoms with van der Waals surface area (Å²) in [6.45, 7) is 6.09. The Bertz CT molecular complexity index is 1310. The van der Waals surface area contributed by atoms with Crippen molar-refractivity contribution in [3.8, 4) is 0 Å². The summed E-state index contributed by atoms with van der Waals surface area (Å²) in [4.78, 5) is 20.4. The van der Waals surface area contributed by atoms with Crippen LogP contribution >= 0.6 is 11.8 Å². The Morgan fingerprint density at radius 2 is 1.58 bits per heavy atom. The fourth-order valence-corrected chi connectivity index (χ4v) is 6.33. The predicted octanol–water partition coefficient (Wildman–Crippen LogP) is 6.24. The predicted molar refractivity (Wildman–Crippen MR) is 135 cm³/mol. The number of likely N-dealkylation sites (N-methyl/N-ethyl adjacent to an activating group) is 1. The Kier molecular flexibility index (Phi) is 5.24. The van der Waals surface area contributed by atoms with E-state index in [9.17, 15) is 4.79 Å². The van der Waals surface area contributed by atoms with Crippen LogP contribution in [0, 0.1) is 0 Å². The van der Waals surface area contributed by atoms with Crippen molar-refractivity contribution in [3.63, 3.8) is 0 Å². The number of rotatable bonds is 4. The van der Waals surface area contributed by atoms with Gasteiger partial charge >= 0.3 is 0 Å². The fourth-order valence-electron chi connectivity index (χ4n) is 5.27. The van der Waals surface area contributed by atoms with E-state index in [1.165, 1.54) is 22.2 Å². The lowest BCUT2D eigenvalue weighted by Gasteiger charge is -2.31. The van der Waals surface area contributed by atoms with Crippen molar-refractivity contribution in [3.05, 3.63) is 84.1 Å². The van der Waals surface area contributed by atoms with E-state index in [1.807, 2.05) is 29.2 Å². The molecule has 33 heavy (non-hydrogen) atoms. The summed E-state index contributed by atoms with van der Waals surface area (Å²) in [7, 11) is 0. The Labute approximate surface area is 198 Å². The molecule has 0 spiro atoms. The lowest BCUT2D eigenvalue weighted by atomic mass is 10.0. The van der Waals surface area contributed by atoms with Crippen LogP contribution in [0.2, 0.25) is 0 Å². The monoisotopic (exact) mass is 453 g/mol. The molecule has 5 heteroatoms. The smallest absolute Gasteiger partial charge is 0.233 e. The standard InChI is InChI=1S/C28H27N3OS/c1-2-29-17-15-23-21(19-29)20-9-3-4-10-22(20)30(23)18-16-28(32)31-24-11-5-7-13-26(24)33-27-14-8-6-12-25(27)31/h3-14H,2,15-19H2,1H3. The number of nitrogens with zero attached hydrogens (tertiary/aromatic N) is 3. The normalized spacial score (nSPS) is 15.2. The van der Waals surface area contributed by atoms with E-state index in [4.69, 9.17) is 0 Å². The summed E-state index contributed by atoms with van der Waals surface area (Å²) in [6, 6.07) is 25.1. The van der Waals surface area contributed by atoms with Gasteiger partial charge in [-0.1, -0.05) is 61.2 Å². The molecule has 4 aromatic rings. The minimum Gasteiger partial charge on any atom is -0.344 e. The third-order valence-corrected chi connectivity index (χ3v) is 8.05. The van der Waals surface area contributed by atoms with Crippen LogP contribution < -0.4 is 4.90 Å². The largest absolute Gasteiger partial charge is 0.344 e. The van der Waals surface area contributed by atoms with Crippen LogP contribution in [0.15, 0.2) is 82.6 Å². The lowest BCUT2D eigenvalue weighted by molar-refractivity contribution is -0.118. The summed E-state index contributed by atoms with van der Waals surface area (Å²) in [5.41, 5.74) is 6.08. The summed E-state index contributed by atoms with van der Waals surface area (Å²) >= 11 is 1.74. The zero-order chi connectivity index (χ0) is 22.4. The van der Waals surface area contributed by atoms with E-state index in [0.717, 1.165) is 47.2 Å². The van der Waals surface area contributed by atoms with Gasteiger partial charge in [0.05, 0.1) is 11.4 Å². The van der Waals surface area contributed by atoms with Crippen LogP contribution in [0.25, 0.3) is 10.9 Å². The molecule has 0 saturated carbocycles. The summed E-state index contributed by atoms with van der Waals surface area (Å²) in [5.74, 6) is 0.146. The second-order valence-corrected chi connectivity index (χ2v) is 9.81. The average molecular weight is 454 g/mol. The Balaban J connectivity index is 1.34. The van der Waals surface area contributed by atoms with Crippen LogP contribution in [0.1, 0.15) is 24.6 Å². The quantitative estimate of drug-likeness (QED) is 0.366. The highest BCUT2D eigenvalue weighted by molar-refractivity contribution is 7.99. The second kappa shape index (κ2) is 8.40. The third kappa shape index (κ3) is 3.47. The van der Waals surface area contributed by atoms with Crippen molar-refractivity contribution >= 4 is 39.9 Å². The second-order valence-electron chi connectivity index (χ2n) is 8.73. The number of carbonyl (C=O) groups is 1. The molecular formula is C28H27N3OS. The number of aromatic nitrogens is 1. The highest BCUT2D eigenvalue weighted by Crippen LogP contribution is 2.48. The molecule has 1 aromatic heterocycles. The number of benzene rings is 3. The first kappa shape index (κ1) is 20.6. The molecule has 6 rings (SSSR count). The van der Waals surface area contributed by atoms with Crippen molar-refractivity contribution in [1.29, 1.82) is 0 Å². The number of amides is 1. The van der Waals surface area contributed by atoms with Crippen LogP contribution in [-0.4, -0.2) is 28.5 Å². The molecule has 3 aromatic carbocycles. The first-order valence-electron chi connectivity index (χ1n) is 11.7. The van der Waals surface area contributed by atoms with E-state index in [2.05, 4.69) is 64.9 Å². The van der Waals surface area contributed by atoms with Gasteiger partial charge in [-0.05, 0) is 42.4 Å². The number of hydrogen-bond acceptors (Lipinski definition) is 3. The van der Waals surface area contributed by atoms with Gasteiger partial charge in [-0.25, -0.2) is 0 Å². The zero-order valence-corrected chi connectivity index (χ0v) is 19.6. The SMILES string of the molecule is CCN1CCc2c(c3ccccc3n2CCC(=O)N2c3ccccc3Sc3ccccc32)C1. The number of fused-ring (bicyclic) bond motifs is 5. The van der Waals surface area contributed by atoms with Crippen LogP contribution in [0.5, 0.6) is 0 Å². The topological polar surface area (TPSA) is 28.5 Å². The molecule has 0 bridgehead atoms.